The summed E-state index contributed by atoms with van der Waals surface area (Å²) in [6.07, 6.45) is 0.712. The van der Waals surface area contributed by atoms with Gasteiger partial charge in [-0.05, 0) is 20.3 Å². The smallest absolute Gasteiger partial charge is 0.326 e. The van der Waals surface area contributed by atoms with Crippen LogP contribution in [0.15, 0.2) is 0 Å². The Hall–Kier alpha value is -1.84. The minimum atomic E-state index is -3.35. The molecule has 0 bridgehead atoms. The van der Waals surface area contributed by atoms with E-state index in [-0.39, 0.29) is 24.8 Å². The minimum Gasteiger partial charge on any atom is -0.480 e. The lowest BCUT2D eigenvalue weighted by atomic mass is 10.2. The van der Waals surface area contributed by atoms with E-state index in [0.29, 0.717) is 0 Å². The SMILES string of the molecule is CC(C)N(CC(N)=O)C(=O)NC(CCS(C)(=O)=O)C(=O)O. The van der Waals surface area contributed by atoms with Crippen LogP contribution in [0.4, 0.5) is 4.79 Å². The molecule has 0 saturated heterocycles. The van der Waals surface area contributed by atoms with Crippen LogP contribution in [0.5, 0.6) is 0 Å². The predicted octanol–water partition coefficient (Wildman–Crippen LogP) is -1.22. The molecule has 1 atom stereocenters. The van der Waals surface area contributed by atoms with Gasteiger partial charge in [-0.1, -0.05) is 0 Å². The maximum Gasteiger partial charge on any atom is 0.326 e. The number of nitrogens with one attached hydrogen (secondary N) is 1. The van der Waals surface area contributed by atoms with Crippen LogP contribution in [-0.2, 0) is 19.4 Å². The Labute approximate surface area is 123 Å². The summed E-state index contributed by atoms with van der Waals surface area (Å²) in [6.45, 7) is 2.91. The largest absolute Gasteiger partial charge is 0.480 e. The highest BCUT2D eigenvalue weighted by atomic mass is 32.2. The average Bonchev–Trinajstić information content (AvgIpc) is 2.28. The molecule has 0 spiro atoms. The van der Waals surface area contributed by atoms with Gasteiger partial charge < -0.3 is 21.1 Å². The third-order valence-electron chi connectivity index (χ3n) is 2.58. The van der Waals surface area contributed by atoms with Crippen LogP contribution in [-0.4, -0.2) is 67.0 Å². The highest BCUT2D eigenvalue weighted by molar-refractivity contribution is 7.90. The van der Waals surface area contributed by atoms with Gasteiger partial charge in [0.05, 0.1) is 5.75 Å². The van der Waals surface area contributed by atoms with E-state index < -0.39 is 33.8 Å². The third kappa shape index (κ3) is 8.12. The van der Waals surface area contributed by atoms with Gasteiger partial charge in [0.25, 0.3) is 0 Å². The molecule has 10 heteroatoms. The van der Waals surface area contributed by atoms with Crippen LogP contribution < -0.4 is 11.1 Å². The molecule has 0 rings (SSSR count). The van der Waals surface area contributed by atoms with E-state index in [1.54, 1.807) is 13.8 Å². The molecule has 122 valence electrons. The zero-order valence-corrected chi connectivity index (χ0v) is 13.0. The molecule has 1 unspecified atom stereocenters. The van der Waals surface area contributed by atoms with Crippen LogP contribution >= 0.6 is 0 Å². The normalized spacial score (nSPS) is 12.8. The summed E-state index contributed by atoms with van der Waals surface area (Å²) >= 11 is 0. The highest BCUT2D eigenvalue weighted by Crippen LogP contribution is 2.02. The Bertz CT molecular complexity index is 502. The number of sulfone groups is 1. The summed E-state index contributed by atoms with van der Waals surface area (Å²) in [5.41, 5.74) is 5.02. The Balaban J connectivity index is 4.86. The van der Waals surface area contributed by atoms with Crippen molar-refractivity contribution in [1.82, 2.24) is 10.2 Å². The number of rotatable bonds is 8. The standard InChI is InChI=1S/C11H21N3O6S/c1-7(2)14(6-9(12)15)11(18)13-8(10(16)17)4-5-21(3,19)20/h7-8H,4-6H2,1-3H3,(H2,12,15)(H,13,18)(H,16,17). The van der Waals surface area contributed by atoms with E-state index in [1.165, 1.54) is 0 Å². The Morgan fingerprint density at radius 1 is 1.29 bits per heavy atom. The fraction of sp³-hybridized carbons (Fsp3) is 0.727. The monoisotopic (exact) mass is 323 g/mol. The molecule has 0 aliphatic rings. The van der Waals surface area contributed by atoms with Crippen LogP contribution in [0.25, 0.3) is 0 Å². The molecule has 0 aromatic rings. The molecule has 0 saturated carbocycles. The number of urea groups is 1. The van der Waals surface area contributed by atoms with E-state index in [2.05, 4.69) is 5.32 Å². The molecule has 3 amide bonds. The fourth-order valence-electron chi connectivity index (χ4n) is 1.48. The topological polar surface area (TPSA) is 147 Å². The van der Waals surface area contributed by atoms with Crippen molar-refractivity contribution in [1.29, 1.82) is 0 Å². The van der Waals surface area contributed by atoms with Gasteiger partial charge >= 0.3 is 12.0 Å². The third-order valence-corrected chi connectivity index (χ3v) is 3.56. The molecule has 21 heavy (non-hydrogen) atoms. The first-order valence-corrected chi connectivity index (χ1v) is 8.26. The Morgan fingerprint density at radius 2 is 1.81 bits per heavy atom. The summed E-state index contributed by atoms with van der Waals surface area (Å²) in [7, 11) is -3.35. The van der Waals surface area contributed by atoms with Gasteiger partial charge in [0.1, 0.15) is 22.4 Å². The van der Waals surface area contributed by atoms with Gasteiger partial charge in [0.15, 0.2) is 0 Å². The Morgan fingerprint density at radius 3 is 2.14 bits per heavy atom. The lowest BCUT2D eigenvalue weighted by Crippen LogP contribution is -2.52. The number of nitrogens with two attached hydrogens (primary N) is 1. The summed E-state index contributed by atoms with van der Waals surface area (Å²) in [4.78, 5) is 35.0. The quantitative estimate of drug-likeness (QED) is 0.510. The second kappa shape index (κ2) is 7.81. The number of carboxylic acids is 1. The molecule has 0 aromatic carbocycles. The maximum atomic E-state index is 12.0. The molecule has 0 aliphatic heterocycles. The number of nitrogens with zero attached hydrogens (tertiary/aromatic N) is 1. The van der Waals surface area contributed by atoms with Crippen molar-refractivity contribution in [3.05, 3.63) is 0 Å². The first-order chi connectivity index (χ1) is 9.44. The van der Waals surface area contributed by atoms with Crippen LogP contribution in [0.3, 0.4) is 0 Å². The number of aliphatic carboxylic acids is 1. The number of primary amides is 1. The van der Waals surface area contributed by atoms with E-state index in [0.717, 1.165) is 11.2 Å². The Kier molecular flexibility index (Phi) is 7.13. The van der Waals surface area contributed by atoms with Crippen LogP contribution in [0, 0.1) is 0 Å². The maximum absolute atomic E-state index is 12.0. The summed E-state index contributed by atoms with van der Waals surface area (Å²) in [6, 6.07) is -2.52. The molecule has 0 fully saturated rings. The molecule has 0 aliphatic carbocycles. The van der Waals surface area contributed by atoms with Crippen LogP contribution in [0.1, 0.15) is 20.3 Å². The summed E-state index contributed by atoms with van der Waals surface area (Å²) in [5, 5.41) is 11.2. The molecule has 0 aromatic heterocycles. The van der Waals surface area contributed by atoms with Crippen molar-refractivity contribution in [3.63, 3.8) is 0 Å². The first-order valence-electron chi connectivity index (χ1n) is 6.20. The molecule has 9 nitrogen and oxygen atoms in total. The number of amides is 3. The van der Waals surface area contributed by atoms with E-state index in [9.17, 15) is 22.8 Å². The van der Waals surface area contributed by atoms with Crippen molar-refractivity contribution < 1.29 is 27.9 Å². The van der Waals surface area contributed by atoms with Crippen molar-refractivity contribution in [2.45, 2.75) is 32.4 Å². The zero-order valence-electron chi connectivity index (χ0n) is 12.2. The molecule has 0 radical (unpaired) electrons. The second-order valence-electron chi connectivity index (χ2n) is 4.95. The fourth-order valence-corrected chi connectivity index (χ4v) is 2.14. The number of carbonyl (C=O) groups excluding carboxylic acids is 2. The number of carboxylic acid groups (broad SMARTS) is 1. The zero-order chi connectivity index (χ0) is 16.8. The summed E-state index contributed by atoms with van der Waals surface area (Å²) in [5.74, 6) is -2.46. The summed E-state index contributed by atoms with van der Waals surface area (Å²) < 4.78 is 22.1. The second-order valence-corrected chi connectivity index (χ2v) is 7.21. The van der Waals surface area contributed by atoms with Gasteiger partial charge in [-0.15, -0.1) is 0 Å². The van der Waals surface area contributed by atoms with Gasteiger partial charge in [-0.3, -0.25) is 4.79 Å². The lowest BCUT2D eigenvalue weighted by Gasteiger charge is -2.27. The number of hydrogen-bond acceptors (Lipinski definition) is 5. The van der Waals surface area contributed by atoms with Crippen molar-refractivity contribution in [3.8, 4) is 0 Å². The van der Waals surface area contributed by atoms with Crippen LogP contribution in [0.2, 0.25) is 0 Å². The van der Waals surface area contributed by atoms with Crippen molar-refractivity contribution >= 4 is 27.7 Å². The molecular weight excluding hydrogens is 302 g/mol. The van der Waals surface area contributed by atoms with Gasteiger partial charge in [-0.25, -0.2) is 18.0 Å². The van der Waals surface area contributed by atoms with E-state index >= 15 is 0 Å². The van der Waals surface area contributed by atoms with Crippen molar-refractivity contribution in [2.75, 3.05) is 18.6 Å². The van der Waals surface area contributed by atoms with Crippen molar-refractivity contribution in [2.24, 2.45) is 5.73 Å². The molecule has 0 heterocycles. The number of hydrogen-bond donors (Lipinski definition) is 3. The van der Waals surface area contributed by atoms with E-state index in [4.69, 9.17) is 10.8 Å². The predicted molar refractivity (Wildman–Crippen MR) is 75.3 cm³/mol. The van der Waals surface area contributed by atoms with Gasteiger partial charge in [-0.2, -0.15) is 0 Å². The van der Waals surface area contributed by atoms with Gasteiger partial charge in [0, 0.05) is 12.3 Å². The lowest BCUT2D eigenvalue weighted by molar-refractivity contribution is -0.139. The molecule has 4 N–H and O–H groups in total. The van der Waals surface area contributed by atoms with Gasteiger partial charge in [0.2, 0.25) is 5.91 Å². The van der Waals surface area contributed by atoms with E-state index in [1.807, 2.05) is 0 Å². The highest BCUT2D eigenvalue weighted by Gasteiger charge is 2.26. The average molecular weight is 323 g/mol. The minimum absolute atomic E-state index is 0.261. The molecular formula is C11H21N3O6S. The number of carbonyl (C=O) groups is 3. The first kappa shape index (κ1) is 19.2.